The Labute approximate surface area is 325 Å². The summed E-state index contributed by atoms with van der Waals surface area (Å²) in [6.07, 6.45) is 1.52. The van der Waals surface area contributed by atoms with Crippen LogP contribution in [0.1, 0.15) is 70.7 Å². The van der Waals surface area contributed by atoms with Crippen molar-refractivity contribution in [3.63, 3.8) is 0 Å². The van der Waals surface area contributed by atoms with Gasteiger partial charge in [-0.2, -0.15) is 18.4 Å². The van der Waals surface area contributed by atoms with Crippen LogP contribution in [0.25, 0.3) is 45.8 Å². The van der Waals surface area contributed by atoms with Crippen molar-refractivity contribution < 1.29 is 31.9 Å². The number of carbonyl (C=O) groups is 1. The monoisotopic (exact) mass is 762 g/mol. The number of oxazole rings is 1. The number of carbonyl (C=O) groups excluding carboxylic acids is 1. The quantitative estimate of drug-likeness (QED) is 0.0971. The van der Waals surface area contributed by atoms with E-state index >= 15 is 0 Å². The Bertz CT molecular complexity index is 2330. The lowest BCUT2D eigenvalue weighted by molar-refractivity contribution is -0.147. The largest absolute Gasteiger partial charge is 0.496 e. The summed E-state index contributed by atoms with van der Waals surface area (Å²) in [4.78, 5) is 21.5. The number of likely N-dealkylation sites (tertiary alicyclic amines) is 2. The normalized spacial score (nSPS) is 16.6. The molecule has 0 amide bonds. The molecule has 56 heavy (non-hydrogen) atoms. The van der Waals surface area contributed by atoms with Crippen molar-refractivity contribution in [1.29, 1.82) is 5.26 Å². The molecule has 5 aromatic rings. The number of esters is 1. The maximum Gasteiger partial charge on any atom is 0.417 e. The third-order valence-corrected chi connectivity index (χ3v) is 11.0. The lowest BCUT2D eigenvalue weighted by atomic mass is 9.91. The Hall–Kier alpha value is -5.44. The summed E-state index contributed by atoms with van der Waals surface area (Å²) in [5.74, 6) is 0.494. The minimum atomic E-state index is -4.54. The Morgan fingerprint density at radius 2 is 1.66 bits per heavy atom. The van der Waals surface area contributed by atoms with Crippen molar-refractivity contribution in [2.45, 2.75) is 59.3 Å². The number of alkyl halides is 3. The summed E-state index contributed by atoms with van der Waals surface area (Å²) in [5.41, 5.74) is 7.34. The molecule has 0 saturated carbocycles. The van der Waals surface area contributed by atoms with Gasteiger partial charge in [0.05, 0.1) is 30.8 Å². The number of ether oxygens (including phenoxy) is 2. The van der Waals surface area contributed by atoms with Gasteiger partial charge in [0.1, 0.15) is 17.3 Å². The molecule has 2 aliphatic rings. The first-order valence-corrected chi connectivity index (χ1v) is 19.1. The SMILES string of the molecule is CCOC(=O)[C@@H]1CCN(Cc2cc(C#N)c3oc(-c4cccc(-c5cccc(/C=C/c6cc(OC)c(CN7CCCC7)cc6C(F)(F)F)c5C)c4C)nc3c2)C1. The number of nitrogens with zero attached hydrogens (tertiary/aromatic N) is 4. The lowest BCUT2D eigenvalue weighted by Crippen LogP contribution is -2.24. The van der Waals surface area contributed by atoms with Gasteiger partial charge < -0.3 is 13.9 Å². The summed E-state index contributed by atoms with van der Waals surface area (Å²) >= 11 is 0. The number of aromatic nitrogens is 1. The molecule has 4 aromatic carbocycles. The predicted octanol–water partition coefficient (Wildman–Crippen LogP) is 9.83. The second kappa shape index (κ2) is 16.3. The van der Waals surface area contributed by atoms with Gasteiger partial charge in [-0.3, -0.25) is 14.6 Å². The van der Waals surface area contributed by atoms with E-state index in [2.05, 4.69) is 15.9 Å². The number of benzene rings is 4. The van der Waals surface area contributed by atoms with Gasteiger partial charge in [-0.25, -0.2) is 4.98 Å². The number of rotatable bonds is 11. The first kappa shape index (κ1) is 38.8. The van der Waals surface area contributed by atoms with Gasteiger partial charge in [0.25, 0.3) is 0 Å². The average molecular weight is 763 g/mol. The molecule has 3 heterocycles. The number of halogens is 3. The fraction of sp³-hybridized carbons (Fsp3) is 0.356. The van der Waals surface area contributed by atoms with Gasteiger partial charge in [0.2, 0.25) is 5.89 Å². The van der Waals surface area contributed by atoms with Crippen LogP contribution in [0, 0.1) is 31.1 Å². The van der Waals surface area contributed by atoms with E-state index < -0.39 is 11.7 Å². The zero-order valence-electron chi connectivity index (χ0n) is 32.1. The fourth-order valence-electron chi connectivity index (χ4n) is 8.05. The molecule has 0 aliphatic carbocycles. The second-order valence-corrected chi connectivity index (χ2v) is 14.7. The van der Waals surface area contributed by atoms with Crippen LogP contribution >= 0.6 is 0 Å². The molecule has 2 aliphatic heterocycles. The van der Waals surface area contributed by atoms with Crippen LogP contribution < -0.4 is 4.74 Å². The average Bonchev–Trinajstić information content (AvgIpc) is 3.96. The molecule has 7 rings (SSSR count). The molecule has 0 radical (unpaired) electrons. The first-order chi connectivity index (χ1) is 27.0. The van der Waals surface area contributed by atoms with E-state index in [9.17, 15) is 23.2 Å². The zero-order chi connectivity index (χ0) is 39.6. The van der Waals surface area contributed by atoms with Crippen LogP contribution in [-0.4, -0.2) is 60.6 Å². The first-order valence-electron chi connectivity index (χ1n) is 19.1. The fourth-order valence-corrected chi connectivity index (χ4v) is 8.05. The van der Waals surface area contributed by atoms with Crippen molar-refractivity contribution in [3.05, 3.63) is 105 Å². The molecule has 0 N–H and O–H groups in total. The number of fused-ring (bicyclic) bond motifs is 1. The summed E-state index contributed by atoms with van der Waals surface area (Å²) in [6.45, 7) is 10.2. The van der Waals surface area contributed by atoms with Crippen molar-refractivity contribution in [1.82, 2.24) is 14.8 Å². The van der Waals surface area contributed by atoms with E-state index in [1.54, 1.807) is 13.0 Å². The third kappa shape index (κ3) is 8.08. The van der Waals surface area contributed by atoms with Crippen LogP contribution in [0.5, 0.6) is 5.75 Å². The molecule has 11 heteroatoms. The number of methoxy groups -OCH3 is 1. The maximum absolute atomic E-state index is 14.4. The number of nitriles is 1. The van der Waals surface area contributed by atoms with Gasteiger partial charge in [-0.1, -0.05) is 42.5 Å². The third-order valence-electron chi connectivity index (χ3n) is 11.0. The molecule has 0 unspecified atom stereocenters. The molecule has 0 spiro atoms. The Morgan fingerprint density at radius 1 is 0.946 bits per heavy atom. The zero-order valence-corrected chi connectivity index (χ0v) is 32.1. The molecular weight excluding hydrogens is 718 g/mol. The summed E-state index contributed by atoms with van der Waals surface area (Å²) < 4.78 is 60.4. The molecule has 290 valence electrons. The van der Waals surface area contributed by atoms with E-state index in [0.29, 0.717) is 60.1 Å². The van der Waals surface area contributed by atoms with E-state index in [-0.39, 0.29) is 17.5 Å². The Morgan fingerprint density at radius 3 is 2.38 bits per heavy atom. The highest BCUT2D eigenvalue weighted by Gasteiger charge is 2.34. The summed E-state index contributed by atoms with van der Waals surface area (Å²) in [7, 11) is 1.49. The number of hydrogen-bond acceptors (Lipinski definition) is 8. The maximum atomic E-state index is 14.4. The molecule has 8 nitrogen and oxygen atoms in total. The topological polar surface area (TPSA) is 91.8 Å². The van der Waals surface area contributed by atoms with Crippen molar-refractivity contribution in [2.24, 2.45) is 5.92 Å². The Balaban J connectivity index is 1.17. The molecule has 2 saturated heterocycles. The van der Waals surface area contributed by atoms with Gasteiger partial charge >= 0.3 is 12.1 Å². The van der Waals surface area contributed by atoms with E-state index in [4.69, 9.17) is 18.9 Å². The smallest absolute Gasteiger partial charge is 0.417 e. The minimum Gasteiger partial charge on any atom is -0.496 e. The van der Waals surface area contributed by atoms with Gasteiger partial charge in [0, 0.05) is 30.8 Å². The van der Waals surface area contributed by atoms with Crippen molar-refractivity contribution >= 4 is 29.2 Å². The van der Waals surface area contributed by atoms with E-state index in [0.717, 1.165) is 77.8 Å². The second-order valence-electron chi connectivity index (χ2n) is 14.7. The van der Waals surface area contributed by atoms with E-state index in [1.165, 1.54) is 25.3 Å². The molecular formula is C45H45F3N4O4. The Kier molecular flexibility index (Phi) is 11.3. The van der Waals surface area contributed by atoms with E-state index in [1.807, 2.05) is 62.4 Å². The number of hydrogen-bond donors (Lipinski definition) is 0. The molecule has 0 bridgehead atoms. The van der Waals surface area contributed by atoms with Gasteiger partial charge in [0.15, 0.2) is 5.58 Å². The highest BCUT2D eigenvalue weighted by atomic mass is 19.4. The predicted molar refractivity (Wildman–Crippen MR) is 211 cm³/mol. The molecule has 2 fully saturated rings. The van der Waals surface area contributed by atoms with Crippen LogP contribution in [0.15, 0.2) is 65.1 Å². The van der Waals surface area contributed by atoms with Crippen molar-refractivity contribution in [2.75, 3.05) is 39.9 Å². The van der Waals surface area contributed by atoms with Crippen LogP contribution in [-0.2, 0) is 28.8 Å². The van der Waals surface area contributed by atoms with Crippen LogP contribution in [0.3, 0.4) is 0 Å². The molecule has 1 atom stereocenters. The standard InChI is InChI=1S/C45H45F3N4O4/c1-5-55-44(53)33-16-19-52(26-33)25-30-20-34(24-49)42-40(21-30)50-43(56-42)38-13-9-12-37(29(38)3)36-11-8-10-31(28(36)2)14-15-32-23-41(54-4)35(22-39(32)45(46,47)48)27-51-17-6-7-18-51/h8-15,20-23,33H,5-7,16-19,25-27H2,1-4H3/b15-14+/t33-/m1/s1. The molecule has 1 aromatic heterocycles. The van der Waals surface area contributed by atoms with Crippen LogP contribution in [0.4, 0.5) is 13.2 Å². The van der Waals surface area contributed by atoms with Gasteiger partial charge in [-0.05, 0) is 129 Å². The van der Waals surface area contributed by atoms with Gasteiger partial charge in [-0.15, -0.1) is 0 Å². The van der Waals surface area contributed by atoms with Crippen molar-refractivity contribution in [3.8, 4) is 34.4 Å². The minimum absolute atomic E-state index is 0.0414. The van der Waals surface area contributed by atoms with Crippen LogP contribution in [0.2, 0.25) is 0 Å². The highest BCUT2D eigenvalue weighted by Crippen LogP contribution is 2.39. The summed E-state index contributed by atoms with van der Waals surface area (Å²) in [5, 5.41) is 10.1. The highest BCUT2D eigenvalue weighted by molar-refractivity contribution is 5.86. The lowest BCUT2D eigenvalue weighted by Gasteiger charge is -2.20. The summed E-state index contributed by atoms with van der Waals surface area (Å²) in [6, 6.07) is 20.4.